The largest absolute Gasteiger partial charge is 0.440 e. The van der Waals surface area contributed by atoms with Crippen LogP contribution in [0.1, 0.15) is 17.0 Å². The molecular formula is C17H15N5O4S2. The molecule has 0 saturated heterocycles. The Labute approximate surface area is 164 Å². The number of furan rings is 1. The summed E-state index contributed by atoms with van der Waals surface area (Å²) in [5.41, 5.74) is 2.07. The minimum absolute atomic E-state index is 0.0160. The van der Waals surface area contributed by atoms with Gasteiger partial charge in [0.15, 0.2) is 16.6 Å². The van der Waals surface area contributed by atoms with E-state index in [-0.39, 0.29) is 11.6 Å². The number of rotatable bonds is 6. The normalized spacial score (nSPS) is 11.8. The van der Waals surface area contributed by atoms with Crippen LogP contribution in [0.25, 0.3) is 22.4 Å². The number of nitrogens with one attached hydrogen (secondary N) is 1. The first-order valence-electron chi connectivity index (χ1n) is 8.18. The Morgan fingerprint density at radius 3 is 2.68 bits per heavy atom. The van der Waals surface area contributed by atoms with Crippen LogP contribution in [-0.4, -0.2) is 28.5 Å². The van der Waals surface area contributed by atoms with Gasteiger partial charge in [0, 0.05) is 23.3 Å². The van der Waals surface area contributed by atoms with Gasteiger partial charge in [-0.25, -0.2) is 28.1 Å². The van der Waals surface area contributed by atoms with Gasteiger partial charge in [-0.15, -0.1) is 11.3 Å². The van der Waals surface area contributed by atoms with Gasteiger partial charge in [-0.05, 0) is 32.0 Å². The zero-order chi connectivity index (χ0) is 19.7. The molecule has 0 atom stereocenters. The van der Waals surface area contributed by atoms with E-state index in [0.717, 1.165) is 11.3 Å². The van der Waals surface area contributed by atoms with Crippen LogP contribution < -0.4 is 4.72 Å². The van der Waals surface area contributed by atoms with Gasteiger partial charge in [0.1, 0.15) is 0 Å². The highest BCUT2D eigenvalue weighted by atomic mass is 32.2. The number of nitrogens with zero attached hydrogens (tertiary/aromatic N) is 4. The molecule has 0 fully saturated rings. The van der Waals surface area contributed by atoms with Crippen molar-refractivity contribution in [1.82, 2.24) is 24.8 Å². The number of aryl methyl sites for hydroxylation is 1. The minimum Gasteiger partial charge on any atom is -0.440 e. The molecule has 4 aromatic heterocycles. The van der Waals surface area contributed by atoms with E-state index in [2.05, 4.69) is 24.8 Å². The predicted molar refractivity (Wildman–Crippen MR) is 101 cm³/mol. The lowest BCUT2D eigenvalue weighted by Crippen LogP contribution is -2.22. The van der Waals surface area contributed by atoms with Crippen LogP contribution >= 0.6 is 11.3 Å². The summed E-state index contributed by atoms with van der Waals surface area (Å²) in [5.74, 6) is 1.21. The average molecular weight is 417 g/mol. The van der Waals surface area contributed by atoms with E-state index >= 15 is 0 Å². The molecule has 0 saturated carbocycles. The highest BCUT2D eigenvalue weighted by Gasteiger charge is 2.22. The van der Waals surface area contributed by atoms with Crippen LogP contribution in [0.4, 0.5) is 0 Å². The zero-order valence-corrected chi connectivity index (χ0v) is 16.5. The maximum Gasteiger partial charge on any atom is 0.274 e. The molecule has 11 heteroatoms. The molecule has 4 aromatic rings. The summed E-state index contributed by atoms with van der Waals surface area (Å²) in [6, 6.07) is 4.62. The molecule has 0 bridgehead atoms. The van der Waals surface area contributed by atoms with Crippen LogP contribution in [0.5, 0.6) is 0 Å². The van der Waals surface area contributed by atoms with Gasteiger partial charge in [0.05, 0.1) is 17.9 Å². The Balaban J connectivity index is 1.48. The van der Waals surface area contributed by atoms with Crippen molar-refractivity contribution in [3.8, 4) is 22.4 Å². The molecule has 0 amide bonds. The van der Waals surface area contributed by atoms with Gasteiger partial charge in [-0.2, -0.15) is 0 Å². The van der Waals surface area contributed by atoms with Crippen molar-refractivity contribution in [3.05, 3.63) is 52.9 Å². The molecule has 9 nitrogen and oxygen atoms in total. The summed E-state index contributed by atoms with van der Waals surface area (Å²) in [6.45, 7) is 3.64. The molecule has 1 N–H and O–H groups in total. The summed E-state index contributed by atoms with van der Waals surface area (Å²) in [4.78, 5) is 12.6. The van der Waals surface area contributed by atoms with Crippen molar-refractivity contribution in [2.24, 2.45) is 0 Å². The van der Waals surface area contributed by atoms with E-state index in [1.165, 1.54) is 23.5 Å². The van der Waals surface area contributed by atoms with Gasteiger partial charge in [-0.1, -0.05) is 5.16 Å². The lowest BCUT2D eigenvalue weighted by Gasteiger charge is -2.02. The van der Waals surface area contributed by atoms with Crippen molar-refractivity contribution in [2.75, 3.05) is 0 Å². The molecule has 4 heterocycles. The average Bonchev–Trinajstić information content (AvgIpc) is 3.43. The van der Waals surface area contributed by atoms with E-state index in [1.807, 2.05) is 6.92 Å². The van der Waals surface area contributed by atoms with E-state index in [9.17, 15) is 8.42 Å². The second kappa shape index (κ2) is 7.26. The fourth-order valence-electron chi connectivity index (χ4n) is 2.37. The third kappa shape index (κ3) is 3.59. The molecule has 4 rings (SSSR count). The first-order valence-corrected chi connectivity index (χ1v) is 10.5. The number of hydrogen-bond acceptors (Lipinski definition) is 9. The van der Waals surface area contributed by atoms with Gasteiger partial charge < -0.3 is 8.94 Å². The third-order valence-electron chi connectivity index (χ3n) is 3.98. The second-order valence-electron chi connectivity index (χ2n) is 5.88. The Hall–Kier alpha value is -2.89. The van der Waals surface area contributed by atoms with Crippen molar-refractivity contribution < 1.29 is 17.4 Å². The highest BCUT2D eigenvalue weighted by Crippen LogP contribution is 2.28. The maximum atomic E-state index is 12.5. The highest BCUT2D eigenvalue weighted by molar-refractivity contribution is 7.89. The Bertz CT molecular complexity index is 1210. The molecule has 0 spiro atoms. The van der Waals surface area contributed by atoms with E-state index in [1.54, 1.807) is 30.8 Å². The van der Waals surface area contributed by atoms with Crippen LogP contribution in [0.2, 0.25) is 0 Å². The van der Waals surface area contributed by atoms with Gasteiger partial charge in [-0.3, -0.25) is 0 Å². The molecule has 0 aromatic carbocycles. The van der Waals surface area contributed by atoms with Gasteiger partial charge in [0.25, 0.3) is 10.0 Å². The Morgan fingerprint density at radius 2 is 1.96 bits per heavy atom. The standard InChI is InChI=1S/C17H15N5O4S2/c1-10-11(2)22-26-15(10)13-4-5-14(25-13)28(23,24)20-8-12-9-27-17(21-12)16-18-6-3-7-19-16/h3-7,9,20H,8H2,1-2H3. The summed E-state index contributed by atoms with van der Waals surface area (Å²) in [5, 5.41) is 6.01. The van der Waals surface area contributed by atoms with Crippen LogP contribution in [0.3, 0.4) is 0 Å². The van der Waals surface area contributed by atoms with Crippen LogP contribution in [0, 0.1) is 13.8 Å². The molecular weight excluding hydrogens is 402 g/mol. The molecule has 0 aliphatic carbocycles. The molecule has 28 heavy (non-hydrogen) atoms. The summed E-state index contributed by atoms with van der Waals surface area (Å²) in [7, 11) is -3.85. The van der Waals surface area contributed by atoms with E-state index in [0.29, 0.717) is 28.0 Å². The van der Waals surface area contributed by atoms with Crippen LogP contribution in [-0.2, 0) is 16.6 Å². The monoisotopic (exact) mass is 417 g/mol. The Morgan fingerprint density at radius 1 is 1.18 bits per heavy atom. The second-order valence-corrected chi connectivity index (χ2v) is 8.44. The fourth-order valence-corrected chi connectivity index (χ4v) is 4.06. The molecule has 0 radical (unpaired) electrons. The molecule has 0 unspecified atom stereocenters. The van der Waals surface area contributed by atoms with E-state index < -0.39 is 10.0 Å². The summed E-state index contributed by atoms with van der Waals surface area (Å²) in [6.07, 6.45) is 3.25. The maximum absolute atomic E-state index is 12.5. The van der Waals surface area contributed by atoms with Gasteiger partial charge in [0.2, 0.25) is 10.9 Å². The first-order chi connectivity index (χ1) is 13.4. The fraction of sp³-hybridized carbons (Fsp3) is 0.176. The Kier molecular flexibility index (Phi) is 4.79. The van der Waals surface area contributed by atoms with E-state index in [4.69, 9.17) is 8.94 Å². The number of aromatic nitrogens is 4. The summed E-state index contributed by atoms with van der Waals surface area (Å²) >= 11 is 1.34. The lowest BCUT2D eigenvalue weighted by molar-refractivity contribution is 0.397. The first kappa shape index (κ1) is 18.5. The number of hydrogen-bond donors (Lipinski definition) is 1. The van der Waals surface area contributed by atoms with Crippen molar-refractivity contribution >= 4 is 21.4 Å². The van der Waals surface area contributed by atoms with Crippen molar-refractivity contribution in [1.29, 1.82) is 0 Å². The molecule has 144 valence electrons. The predicted octanol–water partition coefficient (Wildman–Crippen LogP) is 2.94. The number of thiazole rings is 1. The van der Waals surface area contributed by atoms with Crippen molar-refractivity contribution in [2.45, 2.75) is 25.5 Å². The van der Waals surface area contributed by atoms with Gasteiger partial charge >= 0.3 is 0 Å². The zero-order valence-electron chi connectivity index (χ0n) is 14.9. The SMILES string of the molecule is Cc1noc(-c2ccc(S(=O)(=O)NCc3csc(-c4ncccn4)n3)o2)c1C. The summed E-state index contributed by atoms with van der Waals surface area (Å²) < 4.78 is 38.2. The van der Waals surface area contributed by atoms with Crippen molar-refractivity contribution in [3.63, 3.8) is 0 Å². The number of sulfonamides is 1. The van der Waals surface area contributed by atoms with Crippen LogP contribution in [0.15, 0.2) is 50.0 Å². The smallest absolute Gasteiger partial charge is 0.274 e. The third-order valence-corrected chi connectivity index (χ3v) is 6.14. The molecule has 0 aliphatic rings. The minimum atomic E-state index is -3.85. The lowest BCUT2D eigenvalue weighted by atomic mass is 10.2. The quantitative estimate of drug-likeness (QED) is 0.508. The topological polar surface area (TPSA) is 124 Å². The molecule has 0 aliphatic heterocycles.